The number of nitrogens with zero attached hydrogens (tertiary/aromatic N) is 2. The minimum Gasteiger partial charge on any atom is -0.454 e. The van der Waals surface area contributed by atoms with Crippen molar-refractivity contribution in [3.8, 4) is 11.5 Å². The number of guanidine groups is 1. The molecule has 0 bridgehead atoms. The van der Waals surface area contributed by atoms with Crippen LogP contribution in [0.15, 0.2) is 47.5 Å². The van der Waals surface area contributed by atoms with Crippen LogP contribution in [-0.4, -0.2) is 42.9 Å². The lowest BCUT2D eigenvalue weighted by Crippen LogP contribution is -2.39. The Kier molecular flexibility index (Phi) is 6.96. The number of nitrogens with one attached hydrogen (secondary N) is 3. The van der Waals surface area contributed by atoms with Crippen LogP contribution in [0.5, 0.6) is 11.5 Å². The van der Waals surface area contributed by atoms with Gasteiger partial charge in [0, 0.05) is 26.6 Å². The largest absolute Gasteiger partial charge is 0.454 e. The van der Waals surface area contributed by atoms with Gasteiger partial charge in [-0.05, 0) is 36.2 Å². The van der Waals surface area contributed by atoms with Crippen molar-refractivity contribution >= 4 is 41.0 Å². The molecule has 2 aromatic carbocycles. The Labute approximate surface area is 181 Å². The number of benzene rings is 2. The second-order valence-electron chi connectivity index (χ2n) is 6.31. The molecule has 0 fully saturated rings. The van der Waals surface area contributed by atoms with Gasteiger partial charge in [-0.25, -0.2) is 4.98 Å². The van der Waals surface area contributed by atoms with E-state index in [2.05, 4.69) is 31.7 Å². The standard InChI is InChI=1S/C20H23N5O2.HI/c1-21-20(22-10-8-14-6-7-17-18(12-14)27-13-26-17)23-11-9-19-24-15-4-2-3-5-16(15)25-19;/h2-7,12H,8-11,13H2,1H3,(H,24,25)(H2,21,22,23);1H. The quantitative estimate of drug-likeness (QED) is 0.280. The van der Waals surface area contributed by atoms with Crippen molar-refractivity contribution in [1.29, 1.82) is 0 Å². The smallest absolute Gasteiger partial charge is 0.231 e. The van der Waals surface area contributed by atoms with E-state index in [0.717, 1.165) is 60.2 Å². The lowest BCUT2D eigenvalue weighted by Gasteiger charge is -2.11. The molecular weight excluding hydrogens is 469 g/mol. The van der Waals surface area contributed by atoms with Crippen molar-refractivity contribution in [3.05, 3.63) is 53.9 Å². The summed E-state index contributed by atoms with van der Waals surface area (Å²) in [5, 5.41) is 6.66. The number of H-pyrrole nitrogens is 1. The summed E-state index contributed by atoms with van der Waals surface area (Å²) in [7, 11) is 1.77. The van der Waals surface area contributed by atoms with Gasteiger partial charge in [0.15, 0.2) is 17.5 Å². The highest BCUT2D eigenvalue weighted by Gasteiger charge is 2.13. The molecule has 2 heterocycles. The maximum absolute atomic E-state index is 5.42. The van der Waals surface area contributed by atoms with Crippen LogP contribution >= 0.6 is 24.0 Å². The Morgan fingerprint density at radius 3 is 2.68 bits per heavy atom. The normalized spacial score (nSPS) is 12.7. The van der Waals surface area contributed by atoms with Crippen LogP contribution in [0, 0.1) is 0 Å². The SMILES string of the molecule is CN=C(NCCc1ccc2c(c1)OCO2)NCCc1nc2ccccc2[nH]1.I. The number of aliphatic imine (C=N–C) groups is 1. The molecule has 0 radical (unpaired) electrons. The highest BCUT2D eigenvalue weighted by Crippen LogP contribution is 2.32. The molecule has 1 aliphatic heterocycles. The zero-order valence-corrected chi connectivity index (χ0v) is 18.0. The molecule has 0 aliphatic carbocycles. The molecule has 7 nitrogen and oxygen atoms in total. The zero-order valence-electron chi connectivity index (χ0n) is 15.7. The molecule has 0 saturated carbocycles. The van der Waals surface area contributed by atoms with Gasteiger partial charge in [-0.15, -0.1) is 24.0 Å². The minimum absolute atomic E-state index is 0. The summed E-state index contributed by atoms with van der Waals surface area (Å²) in [4.78, 5) is 12.2. The number of para-hydroxylation sites is 2. The molecule has 0 atom stereocenters. The van der Waals surface area contributed by atoms with Crippen molar-refractivity contribution < 1.29 is 9.47 Å². The lowest BCUT2D eigenvalue weighted by atomic mass is 10.1. The summed E-state index contributed by atoms with van der Waals surface area (Å²) in [6, 6.07) is 14.1. The van der Waals surface area contributed by atoms with Crippen molar-refractivity contribution in [2.45, 2.75) is 12.8 Å². The Morgan fingerprint density at radius 2 is 1.86 bits per heavy atom. The van der Waals surface area contributed by atoms with Crippen LogP contribution in [0.1, 0.15) is 11.4 Å². The summed E-state index contributed by atoms with van der Waals surface area (Å²) >= 11 is 0. The van der Waals surface area contributed by atoms with Gasteiger partial charge in [0.2, 0.25) is 6.79 Å². The van der Waals surface area contributed by atoms with Gasteiger partial charge in [-0.3, -0.25) is 4.99 Å². The molecule has 1 aromatic heterocycles. The van der Waals surface area contributed by atoms with E-state index in [9.17, 15) is 0 Å². The monoisotopic (exact) mass is 493 g/mol. The molecule has 0 amide bonds. The molecule has 4 rings (SSSR count). The van der Waals surface area contributed by atoms with Crippen LogP contribution in [-0.2, 0) is 12.8 Å². The Balaban J connectivity index is 0.00000225. The predicted octanol–water partition coefficient (Wildman–Crippen LogP) is 2.86. The number of rotatable bonds is 6. The third-order valence-electron chi connectivity index (χ3n) is 4.46. The van der Waals surface area contributed by atoms with Crippen molar-refractivity contribution in [3.63, 3.8) is 0 Å². The number of ether oxygens (including phenoxy) is 2. The summed E-state index contributed by atoms with van der Waals surface area (Å²) in [6.07, 6.45) is 1.68. The first-order valence-electron chi connectivity index (χ1n) is 9.08. The van der Waals surface area contributed by atoms with E-state index >= 15 is 0 Å². The van der Waals surface area contributed by atoms with Crippen LogP contribution in [0.25, 0.3) is 11.0 Å². The summed E-state index contributed by atoms with van der Waals surface area (Å²) in [5.41, 5.74) is 3.27. The van der Waals surface area contributed by atoms with Gasteiger partial charge in [0.25, 0.3) is 0 Å². The van der Waals surface area contributed by atoms with Gasteiger partial charge in [0.05, 0.1) is 11.0 Å². The summed E-state index contributed by atoms with van der Waals surface area (Å²) in [6.45, 7) is 1.84. The van der Waals surface area contributed by atoms with Gasteiger partial charge in [-0.2, -0.15) is 0 Å². The van der Waals surface area contributed by atoms with Crippen molar-refractivity contribution in [1.82, 2.24) is 20.6 Å². The van der Waals surface area contributed by atoms with E-state index < -0.39 is 0 Å². The predicted molar refractivity (Wildman–Crippen MR) is 121 cm³/mol. The van der Waals surface area contributed by atoms with Crippen molar-refractivity contribution in [2.75, 3.05) is 26.9 Å². The fourth-order valence-corrected chi connectivity index (χ4v) is 3.07. The van der Waals surface area contributed by atoms with Crippen LogP contribution < -0.4 is 20.1 Å². The van der Waals surface area contributed by atoms with Crippen LogP contribution in [0.3, 0.4) is 0 Å². The van der Waals surface area contributed by atoms with Crippen molar-refractivity contribution in [2.24, 2.45) is 4.99 Å². The molecule has 0 spiro atoms. The van der Waals surface area contributed by atoms with E-state index in [0.29, 0.717) is 6.79 Å². The Bertz CT molecular complexity index is 924. The zero-order chi connectivity index (χ0) is 18.5. The second-order valence-corrected chi connectivity index (χ2v) is 6.31. The average molecular weight is 493 g/mol. The van der Waals surface area contributed by atoms with E-state index in [1.54, 1.807) is 7.05 Å². The first-order valence-corrected chi connectivity index (χ1v) is 9.08. The summed E-state index contributed by atoms with van der Waals surface area (Å²) < 4.78 is 10.8. The fourth-order valence-electron chi connectivity index (χ4n) is 3.07. The van der Waals surface area contributed by atoms with E-state index in [1.165, 1.54) is 5.56 Å². The maximum Gasteiger partial charge on any atom is 0.231 e. The number of aromatic nitrogens is 2. The van der Waals surface area contributed by atoms with E-state index in [-0.39, 0.29) is 24.0 Å². The third kappa shape index (κ3) is 4.86. The van der Waals surface area contributed by atoms with Crippen LogP contribution in [0.4, 0.5) is 0 Å². The first kappa shape index (κ1) is 20.2. The molecule has 1 aliphatic rings. The van der Waals surface area contributed by atoms with Gasteiger partial charge in [-0.1, -0.05) is 18.2 Å². The Morgan fingerprint density at radius 1 is 1.07 bits per heavy atom. The number of aromatic amines is 1. The highest BCUT2D eigenvalue weighted by atomic mass is 127. The number of imidazole rings is 1. The molecule has 3 aromatic rings. The van der Waals surface area contributed by atoms with Gasteiger partial charge in [0.1, 0.15) is 5.82 Å². The molecule has 148 valence electrons. The lowest BCUT2D eigenvalue weighted by molar-refractivity contribution is 0.174. The molecule has 0 saturated heterocycles. The number of hydrogen-bond acceptors (Lipinski definition) is 4. The highest BCUT2D eigenvalue weighted by molar-refractivity contribution is 14.0. The molecule has 3 N–H and O–H groups in total. The number of fused-ring (bicyclic) bond motifs is 2. The molecule has 8 heteroatoms. The minimum atomic E-state index is 0. The molecular formula is C20H24IN5O2. The first-order chi connectivity index (χ1) is 13.3. The average Bonchev–Trinajstić information content (AvgIpc) is 3.32. The maximum atomic E-state index is 5.42. The molecule has 0 unspecified atom stereocenters. The van der Waals surface area contributed by atoms with Gasteiger partial charge < -0.3 is 25.1 Å². The van der Waals surface area contributed by atoms with Crippen LogP contribution in [0.2, 0.25) is 0 Å². The number of hydrogen-bond donors (Lipinski definition) is 3. The Hall–Kier alpha value is -2.49. The summed E-state index contributed by atoms with van der Waals surface area (Å²) in [5.74, 6) is 3.39. The van der Waals surface area contributed by atoms with Gasteiger partial charge >= 0.3 is 0 Å². The third-order valence-corrected chi connectivity index (χ3v) is 4.46. The van der Waals surface area contributed by atoms with E-state index in [1.807, 2.05) is 36.4 Å². The molecule has 28 heavy (non-hydrogen) atoms. The number of halogens is 1. The topological polar surface area (TPSA) is 83.6 Å². The van der Waals surface area contributed by atoms with E-state index in [4.69, 9.17) is 9.47 Å². The second kappa shape index (κ2) is 9.63. The fraction of sp³-hybridized carbons (Fsp3) is 0.300.